The van der Waals surface area contributed by atoms with Crippen LogP contribution in [-0.4, -0.2) is 18.5 Å². The highest BCUT2D eigenvalue weighted by molar-refractivity contribution is 9.09. The Labute approximate surface area is 87.0 Å². The first kappa shape index (κ1) is 10.4. The molecule has 0 aliphatic carbocycles. The summed E-state index contributed by atoms with van der Waals surface area (Å²) in [5.74, 6) is 1.71. The van der Waals surface area contributed by atoms with Crippen molar-refractivity contribution in [1.29, 1.82) is 0 Å². The summed E-state index contributed by atoms with van der Waals surface area (Å²) in [6.45, 7) is 2.01. The first-order valence-electron chi connectivity index (χ1n) is 4.13. The molecule has 0 heterocycles. The number of hydrogen-bond donors (Lipinski definition) is 0. The largest absolute Gasteiger partial charge is 0.497 e. The van der Waals surface area contributed by atoms with Crippen molar-refractivity contribution in [3.8, 4) is 11.5 Å². The van der Waals surface area contributed by atoms with E-state index in [1.807, 2.05) is 31.2 Å². The van der Waals surface area contributed by atoms with E-state index >= 15 is 0 Å². The fraction of sp³-hybridized carbons (Fsp3) is 0.400. The fourth-order valence-electron chi connectivity index (χ4n) is 0.918. The van der Waals surface area contributed by atoms with Gasteiger partial charge in [-0.3, -0.25) is 0 Å². The third-order valence-electron chi connectivity index (χ3n) is 1.61. The van der Waals surface area contributed by atoms with Crippen molar-refractivity contribution in [1.82, 2.24) is 0 Å². The van der Waals surface area contributed by atoms with Crippen LogP contribution in [0.15, 0.2) is 24.3 Å². The Balaban J connectivity index is 2.58. The van der Waals surface area contributed by atoms with E-state index in [9.17, 15) is 0 Å². The zero-order valence-electron chi connectivity index (χ0n) is 7.79. The summed E-state index contributed by atoms with van der Waals surface area (Å²) in [6, 6.07) is 7.57. The van der Waals surface area contributed by atoms with Gasteiger partial charge in [-0.2, -0.15) is 0 Å². The van der Waals surface area contributed by atoms with Gasteiger partial charge in [0.2, 0.25) is 0 Å². The molecule has 0 spiro atoms. The zero-order valence-corrected chi connectivity index (χ0v) is 9.37. The predicted octanol–water partition coefficient (Wildman–Crippen LogP) is 2.86. The SMILES string of the molecule is COc1ccc(O[C@H](C)CBr)cc1. The van der Waals surface area contributed by atoms with Crippen molar-refractivity contribution >= 4 is 15.9 Å². The Hall–Kier alpha value is -0.700. The summed E-state index contributed by atoms with van der Waals surface area (Å²) < 4.78 is 10.6. The van der Waals surface area contributed by atoms with E-state index < -0.39 is 0 Å². The minimum absolute atomic E-state index is 0.188. The molecule has 0 bridgehead atoms. The van der Waals surface area contributed by atoms with Crippen molar-refractivity contribution in [3.05, 3.63) is 24.3 Å². The smallest absolute Gasteiger partial charge is 0.120 e. The normalized spacial score (nSPS) is 12.2. The summed E-state index contributed by atoms with van der Waals surface area (Å²) in [5.41, 5.74) is 0. The van der Waals surface area contributed by atoms with E-state index in [2.05, 4.69) is 15.9 Å². The molecule has 0 fully saturated rings. The number of alkyl halides is 1. The van der Waals surface area contributed by atoms with Gasteiger partial charge in [-0.05, 0) is 31.2 Å². The Morgan fingerprint density at radius 3 is 2.23 bits per heavy atom. The maximum atomic E-state index is 5.56. The molecule has 1 rings (SSSR count). The summed E-state index contributed by atoms with van der Waals surface area (Å²) in [5, 5.41) is 0.832. The average Bonchev–Trinajstić information content (AvgIpc) is 2.19. The molecule has 13 heavy (non-hydrogen) atoms. The molecule has 2 nitrogen and oxygen atoms in total. The molecule has 0 saturated heterocycles. The molecule has 0 aliphatic heterocycles. The van der Waals surface area contributed by atoms with Gasteiger partial charge < -0.3 is 9.47 Å². The van der Waals surface area contributed by atoms with Gasteiger partial charge in [0.1, 0.15) is 17.6 Å². The summed E-state index contributed by atoms with van der Waals surface area (Å²) in [7, 11) is 1.65. The molecule has 0 aromatic heterocycles. The maximum absolute atomic E-state index is 5.56. The molecule has 0 radical (unpaired) electrons. The number of hydrogen-bond acceptors (Lipinski definition) is 2. The summed E-state index contributed by atoms with van der Waals surface area (Å²) in [6.07, 6.45) is 0.188. The highest BCUT2D eigenvalue weighted by atomic mass is 79.9. The summed E-state index contributed by atoms with van der Waals surface area (Å²) >= 11 is 3.35. The number of ether oxygens (including phenoxy) is 2. The highest BCUT2D eigenvalue weighted by Crippen LogP contribution is 2.18. The van der Waals surface area contributed by atoms with E-state index in [-0.39, 0.29) is 6.10 Å². The van der Waals surface area contributed by atoms with E-state index in [4.69, 9.17) is 9.47 Å². The Bertz CT molecular complexity index is 246. The lowest BCUT2D eigenvalue weighted by Gasteiger charge is -2.11. The molecule has 72 valence electrons. The monoisotopic (exact) mass is 244 g/mol. The minimum Gasteiger partial charge on any atom is -0.497 e. The quantitative estimate of drug-likeness (QED) is 0.759. The van der Waals surface area contributed by atoms with Crippen LogP contribution in [0.3, 0.4) is 0 Å². The van der Waals surface area contributed by atoms with E-state index in [1.54, 1.807) is 7.11 Å². The molecule has 0 amide bonds. The third kappa shape index (κ3) is 3.27. The van der Waals surface area contributed by atoms with Crippen molar-refractivity contribution < 1.29 is 9.47 Å². The van der Waals surface area contributed by atoms with Gasteiger partial charge in [0, 0.05) is 5.33 Å². The molecule has 0 unspecified atom stereocenters. The Morgan fingerprint density at radius 2 is 1.77 bits per heavy atom. The second-order valence-electron chi connectivity index (χ2n) is 2.76. The molecular formula is C10H13BrO2. The second-order valence-corrected chi connectivity index (χ2v) is 3.41. The van der Waals surface area contributed by atoms with E-state index in [0.717, 1.165) is 16.8 Å². The molecule has 3 heteroatoms. The van der Waals surface area contributed by atoms with Crippen molar-refractivity contribution in [2.24, 2.45) is 0 Å². The minimum atomic E-state index is 0.188. The van der Waals surface area contributed by atoms with Gasteiger partial charge in [-0.15, -0.1) is 0 Å². The van der Waals surface area contributed by atoms with Crippen LogP contribution in [0.25, 0.3) is 0 Å². The van der Waals surface area contributed by atoms with Crippen LogP contribution in [0.4, 0.5) is 0 Å². The van der Waals surface area contributed by atoms with Crippen molar-refractivity contribution in [3.63, 3.8) is 0 Å². The van der Waals surface area contributed by atoms with Gasteiger partial charge in [0.15, 0.2) is 0 Å². The molecule has 1 aromatic rings. The average molecular weight is 245 g/mol. The predicted molar refractivity (Wildman–Crippen MR) is 56.9 cm³/mol. The fourth-order valence-corrected chi connectivity index (χ4v) is 1.05. The lowest BCUT2D eigenvalue weighted by molar-refractivity contribution is 0.248. The van der Waals surface area contributed by atoms with Gasteiger partial charge in [-0.25, -0.2) is 0 Å². The Morgan fingerprint density at radius 1 is 1.23 bits per heavy atom. The van der Waals surface area contributed by atoms with Crippen molar-refractivity contribution in [2.75, 3.05) is 12.4 Å². The first-order chi connectivity index (χ1) is 6.26. The molecule has 1 atom stereocenters. The van der Waals surface area contributed by atoms with Crippen LogP contribution in [0.1, 0.15) is 6.92 Å². The topological polar surface area (TPSA) is 18.5 Å². The van der Waals surface area contributed by atoms with Crippen LogP contribution in [0, 0.1) is 0 Å². The van der Waals surface area contributed by atoms with Gasteiger partial charge in [-0.1, -0.05) is 15.9 Å². The lowest BCUT2D eigenvalue weighted by atomic mass is 10.3. The highest BCUT2D eigenvalue weighted by Gasteiger charge is 2.01. The van der Waals surface area contributed by atoms with Gasteiger partial charge >= 0.3 is 0 Å². The van der Waals surface area contributed by atoms with Crippen LogP contribution in [0.2, 0.25) is 0 Å². The molecular weight excluding hydrogens is 232 g/mol. The number of methoxy groups -OCH3 is 1. The number of halogens is 1. The first-order valence-corrected chi connectivity index (χ1v) is 5.25. The number of benzene rings is 1. The van der Waals surface area contributed by atoms with Crippen LogP contribution in [-0.2, 0) is 0 Å². The van der Waals surface area contributed by atoms with Crippen molar-refractivity contribution in [2.45, 2.75) is 13.0 Å². The van der Waals surface area contributed by atoms with Gasteiger partial charge in [0.05, 0.1) is 7.11 Å². The molecule has 0 aliphatic rings. The van der Waals surface area contributed by atoms with Gasteiger partial charge in [0.25, 0.3) is 0 Å². The van der Waals surface area contributed by atoms with Crippen LogP contribution >= 0.6 is 15.9 Å². The second kappa shape index (κ2) is 5.12. The molecule has 0 N–H and O–H groups in total. The maximum Gasteiger partial charge on any atom is 0.120 e. The van der Waals surface area contributed by atoms with Crippen LogP contribution in [0.5, 0.6) is 11.5 Å². The summed E-state index contributed by atoms with van der Waals surface area (Å²) in [4.78, 5) is 0. The standard InChI is InChI=1S/C10H13BrO2/c1-8(7-11)13-10-5-3-9(12-2)4-6-10/h3-6,8H,7H2,1-2H3/t8-/m1/s1. The Kier molecular flexibility index (Phi) is 4.09. The third-order valence-corrected chi connectivity index (χ3v) is 2.53. The lowest BCUT2D eigenvalue weighted by Crippen LogP contribution is -2.12. The molecule has 0 saturated carbocycles. The number of rotatable bonds is 4. The van der Waals surface area contributed by atoms with E-state index in [0.29, 0.717) is 0 Å². The molecule has 1 aromatic carbocycles. The zero-order chi connectivity index (χ0) is 9.68. The van der Waals surface area contributed by atoms with Crippen LogP contribution < -0.4 is 9.47 Å². The van der Waals surface area contributed by atoms with E-state index in [1.165, 1.54) is 0 Å².